The monoisotopic (exact) mass is 368 g/mol. The van der Waals surface area contributed by atoms with Crippen molar-refractivity contribution in [3.63, 3.8) is 0 Å². The van der Waals surface area contributed by atoms with Crippen LogP contribution in [0.2, 0.25) is 0 Å². The highest BCUT2D eigenvalue weighted by Crippen LogP contribution is 2.34. The lowest BCUT2D eigenvalue weighted by Gasteiger charge is -2.39. The van der Waals surface area contributed by atoms with Gasteiger partial charge in [0.15, 0.2) is 0 Å². The first-order valence-corrected chi connectivity index (χ1v) is 8.87. The van der Waals surface area contributed by atoms with E-state index in [1.807, 2.05) is 19.1 Å². The Morgan fingerprint density at radius 3 is 2.37 bits per heavy atom. The van der Waals surface area contributed by atoms with Gasteiger partial charge in [0.2, 0.25) is 5.91 Å². The van der Waals surface area contributed by atoms with Crippen LogP contribution < -0.4 is 14.4 Å². The SMILES string of the molecule is COc1ccc(N2CCN(C(=O)c3ccc(C)cc3)C(C)C2=O)c(OC)c1. The Morgan fingerprint density at radius 2 is 1.74 bits per heavy atom. The summed E-state index contributed by atoms with van der Waals surface area (Å²) in [5.41, 5.74) is 2.36. The number of rotatable bonds is 4. The highest BCUT2D eigenvalue weighted by atomic mass is 16.5. The fourth-order valence-electron chi connectivity index (χ4n) is 3.26. The van der Waals surface area contributed by atoms with Gasteiger partial charge in [-0.3, -0.25) is 9.59 Å². The van der Waals surface area contributed by atoms with Crippen LogP contribution in [-0.2, 0) is 4.79 Å². The van der Waals surface area contributed by atoms with E-state index in [4.69, 9.17) is 9.47 Å². The first-order chi connectivity index (χ1) is 13.0. The van der Waals surface area contributed by atoms with Crippen molar-refractivity contribution in [1.82, 2.24) is 4.90 Å². The molecule has 6 nitrogen and oxygen atoms in total. The Bertz CT molecular complexity index is 848. The van der Waals surface area contributed by atoms with Crippen molar-refractivity contribution in [3.8, 4) is 11.5 Å². The molecule has 0 aromatic heterocycles. The summed E-state index contributed by atoms with van der Waals surface area (Å²) >= 11 is 0. The topological polar surface area (TPSA) is 59.1 Å². The van der Waals surface area contributed by atoms with Gasteiger partial charge in [-0.2, -0.15) is 0 Å². The molecule has 2 aromatic rings. The molecular formula is C21H24N2O4. The van der Waals surface area contributed by atoms with Gasteiger partial charge in [-0.15, -0.1) is 0 Å². The van der Waals surface area contributed by atoms with Gasteiger partial charge in [-0.05, 0) is 38.1 Å². The van der Waals surface area contributed by atoms with Crippen LogP contribution in [0.3, 0.4) is 0 Å². The van der Waals surface area contributed by atoms with Crippen molar-refractivity contribution in [2.24, 2.45) is 0 Å². The van der Waals surface area contributed by atoms with Gasteiger partial charge >= 0.3 is 0 Å². The molecule has 1 aliphatic heterocycles. The molecule has 1 unspecified atom stereocenters. The lowest BCUT2D eigenvalue weighted by Crippen LogP contribution is -2.57. The van der Waals surface area contributed by atoms with Crippen LogP contribution in [0.4, 0.5) is 5.69 Å². The van der Waals surface area contributed by atoms with Crippen LogP contribution in [0, 0.1) is 6.92 Å². The molecule has 0 N–H and O–H groups in total. The summed E-state index contributed by atoms with van der Waals surface area (Å²) in [5.74, 6) is 0.958. The van der Waals surface area contributed by atoms with E-state index >= 15 is 0 Å². The minimum atomic E-state index is -0.556. The Balaban J connectivity index is 1.82. The summed E-state index contributed by atoms with van der Waals surface area (Å²) < 4.78 is 10.6. The van der Waals surface area contributed by atoms with Crippen molar-refractivity contribution < 1.29 is 19.1 Å². The zero-order chi connectivity index (χ0) is 19.6. The van der Waals surface area contributed by atoms with E-state index in [1.54, 1.807) is 61.3 Å². The molecule has 0 bridgehead atoms. The zero-order valence-corrected chi connectivity index (χ0v) is 16.1. The minimum Gasteiger partial charge on any atom is -0.497 e. The molecule has 1 aliphatic rings. The predicted octanol–water partition coefficient (Wildman–Crippen LogP) is 2.89. The van der Waals surface area contributed by atoms with E-state index in [9.17, 15) is 9.59 Å². The average Bonchev–Trinajstić information content (AvgIpc) is 2.69. The molecule has 3 rings (SSSR count). The highest BCUT2D eigenvalue weighted by molar-refractivity contribution is 6.04. The number of carbonyl (C=O) groups excluding carboxylic acids is 2. The number of aryl methyl sites for hydroxylation is 1. The van der Waals surface area contributed by atoms with Gasteiger partial charge in [0.25, 0.3) is 5.91 Å². The maximum Gasteiger partial charge on any atom is 0.254 e. The summed E-state index contributed by atoms with van der Waals surface area (Å²) in [5, 5.41) is 0. The fourth-order valence-corrected chi connectivity index (χ4v) is 3.26. The Labute approximate surface area is 159 Å². The second-order valence-corrected chi connectivity index (χ2v) is 6.57. The largest absolute Gasteiger partial charge is 0.497 e. The summed E-state index contributed by atoms with van der Waals surface area (Å²) in [6, 6.07) is 12.2. The van der Waals surface area contributed by atoms with Crippen LogP contribution in [0.25, 0.3) is 0 Å². The second-order valence-electron chi connectivity index (χ2n) is 6.57. The molecule has 2 aromatic carbocycles. The Hall–Kier alpha value is -3.02. The maximum absolute atomic E-state index is 13.0. The van der Waals surface area contributed by atoms with Crippen molar-refractivity contribution >= 4 is 17.5 Å². The predicted molar refractivity (Wildman–Crippen MR) is 104 cm³/mol. The van der Waals surface area contributed by atoms with Gasteiger partial charge in [0, 0.05) is 24.7 Å². The number of ether oxygens (including phenoxy) is 2. The van der Waals surface area contributed by atoms with E-state index in [2.05, 4.69) is 0 Å². The number of carbonyl (C=O) groups is 2. The number of anilines is 1. The molecule has 2 amide bonds. The minimum absolute atomic E-state index is 0.128. The van der Waals surface area contributed by atoms with Crippen molar-refractivity contribution in [2.75, 3.05) is 32.2 Å². The molecule has 142 valence electrons. The number of benzene rings is 2. The first-order valence-electron chi connectivity index (χ1n) is 8.87. The third-order valence-corrected chi connectivity index (χ3v) is 4.89. The second kappa shape index (κ2) is 7.70. The molecule has 0 saturated carbocycles. The van der Waals surface area contributed by atoms with Crippen LogP contribution >= 0.6 is 0 Å². The molecule has 1 atom stereocenters. The first kappa shape index (κ1) is 18.8. The number of methoxy groups -OCH3 is 2. The Morgan fingerprint density at radius 1 is 1.04 bits per heavy atom. The standard InChI is InChI=1S/C21H24N2O4/c1-14-5-7-16(8-6-14)21(25)22-11-12-23(20(24)15(22)2)18-10-9-17(26-3)13-19(18)27-4/h5-10,13,15H,11-12H2,1-4H3. The van der Waals surface area contributed by atoms with Crippen LogP contribution in [0.1, 0.15) is 22.8 Å². The van der Waals surface area contributed by atoms with E-state index in [0.29, 0.717) is 35.8 Å². The maximum atomic E-state index is 13.0. The normalized spacial score (nSPS) is 17.0. The van der Waals surface area contributed by atoms with E-state index < -0.39 is 6.04 Å². The van der Waals surface area contributed by atoms with Crippen molar-refractivity contribution in [1.29, 1.82) is 0 Å². The third-order valence-electron chi connectivity index (χ3n) is 4.89. The number of amides is 2. The summed E-state index contributed by atoms with van der Waals surface area (Å²) in [6.07, 6.45) is 0. The van der Waals surface area contributed by atoms with Crippen molar-refractivity contribution in [3.05, 3.63) is 53.6 Å². The van der Waals surface area contributed by atoms with Gasteiger partial charge in [-0.25, -0.2) is 0 Å². The molecule has 27 heavy (non-hydrogen) atoms. The zero-order valence-electron chi connectivity index (χ0n) is 16.1. The van der Waals surface area contributed by atoms with Crippen molar-refractivity contribution in [2.45, 2.75) is 19.9 Å². The number of hydrogen-bond donors (Lipinski definition) is 0. The molecule has 1 saturated heterocycles. The van der Waals surface area contributed by atoms with Gasteiger partial charge < -0.3 is 19.3 Å². The summed E-state index contributed by atoms with van der Waals surface area (Å²) in [4.78, 5) is 29.1. The summed E-state index contributed by atoms with van der Waals surface area (Å²) in [7, 11) is 3.14. The van der Waals surface area contributed by atoms with Gasteiger partial charge in [0.05, 0.1) is 19.9 Å². The van der Waals surface area contributed by atoms with Crippen LogP contribution in [-0.4, -0.2) is 50.1 Å². The molecular weight excluding hydrogens is 344 g/mol. The fraction of sp³-hybridized carbons (Fsp3) is 0.333. The van der Waals surface area contributed by atoms with Crippen LogP contribution in [0.5, 0.6) is 11.5 Å². The molecule has 1 fully saturated rings. The van der Waals surface area contributed by atoms with E-state index in [1.165, 1.54) is 0 Å². The number of hydrogen-bond acceptors (Lipinski definition) is 4. The Kier molecular flexibility index (Phi) is 5.35. The van der Waals surface area contributed by atoms with Crippen LogP contribution in [0.15, 0.2) is 42.5 Å². The highest BCUT2D eigenvalue weighted by Gasteiger charge is 2.36. The van der Waals surface area contributed by atoms with E-state index in [-0.39, 0.29) is 11.8 Å². The summed E-state index contributed by atoms with van der Waals surface area (Å²) in [6.45, 7) is 4.59. The number of piperazine rings is 1. The third kappa shape index (κ3) is 3.60. The molecule has 0 spiro atoms. The van der Waals surface area contributed by atoms with Gasteiger partial charge in [0.1, 0.15) is 17.5 Å². The smallest absolute Gasteiger partial charge is 0.254 e. The number of nitrogens with zero attached hydrogens (tertiary/aromatic N) is 2. The molecule has 0 aliphatic carbocycles. The molecule has 0 radical (unpaired) electrons. The van der Waals surface area contributed by atoms with E-state index in [0.717, 1.165) is 5.56 Å². The molecule has 1 heterocycles. The quantitative estimate of drug-likeness (QED) is 0.833. The van der Waals surface area contributed by atoms with Gasteiger partial charge in [-0.1, -0.05) is 17.7 Å². The lowest BCUT2D eigenvalue weighted by atomic mass is 10.1. The lowest BCUT2D eigenvalue weighted by molar-refractivity contribution is -0.124. The average molecular weight is 368 g/mol. The molecule has 6 heteroatoms.